The number of rotatable bonds is 8. The predicted molar refractivity (Wildman–Crippen MR) is 82.4 cm³/mol. The van der Waals surface area contributed by atoms with Crippen LogP contribution in [0.5, 0.6) is 0 Å². The maximum absolute atomic E-state index is 11.8. The minimum Gasteiger partial charge on any atom is -0.394 e. The molecule has 0 atom stereocenters. The van der Waals surface area contributed by atoms with Gasteiger partial charge in [0.1, 0.15) is 18.1 Å². The Morgan fingerprint density at radius 3 is 3.10 bits per heavy atom. The molecule has 0 saturated carbocycles. The molecule has 0 unspecified atom stereocenters. The third-order valence-corrected chi connectivity index (χ3v) is 3.61. The van der Waals surface area contributed by atoms with Gasteiger partial charge in [-0.25, -0.2) is 4.68 Å². The molecule has 2 rings (SSSR count). The van der Waals surface area contributed by atoms with E-state index in [1.54, 1.807) is 22.1 Å². The fraction of sp³-hybridized carbons (Fsp3) is 0.429. The van der Waals surface area contributed by atoms with E-state index in [-0.39, 0.29) is 19.1 Å². The third-order valence-electron chi connectivity index (χ3n) is 2.71. The van der Waals surface area contributed by atoms with Crippen LogP contribution in [0.15, 0.2) is 23.6 Å². The summed E-state index contributed by atoms with van der Waals surface area (Å²) >= 11 is 1.58. The number of aliphatic hydroxyl groups is 1. The number of nitrogens with zero attached hydrogens (tertiary/aromatic N) is 2. The van der Waals surface area contributed by atoms with Crippen molar-refractivity contribution in [3.8, 4) is 10.6 Å². The van der Waals surface area contributed by atoms with Crippen LogP contribution in [0.3, 0.4) is 0 Å². The fourth-order valence-corrected chi connectivity index (χ4v) is 2.50. The molecule has 2 aromatic heterocycles. The Balaban J connectivity index is 2.08. The zero-order valence-electron chi connectivity index (χ0n) is 11.9. The molecule has 114 valence electrons. The van der Waals surface area contributed by atoms with Gasteiger partial charge < -0.3 is 15.2 Å². The quantitative estimate of drug-likeness (QED) is 0.731. The highest BCUT2D eigenvalue weighted by molar-refractivity contribution is 7.13. The minimum atomic E-state index is -0.222. The van der Waals surface area contributed by atoms with E-state index in [0.717, 1.165) is 17.0 Å². The number of aromatic nitrogens is 2. The van der Waals surface area contributed by atoms with Gasteiger partial charge in [0.2, 0.25) is 0 Å². The lowest BCUT2D eigenvalue weighted by molar-refractivity contribution is -0.120. The summed E-state index contributed by atoms with van der Waals surface area (Å²) in [5, 5.41) is 18.2. The van der Waals surface area contributed by atoms with Gasteiger partial charge in [-0.3, -0.25) is 4.79 Å². The maximum atomic E-state index is 11.8. The fourth-order valence-electron chi connectivity index (χ4n) is 1.82. The summed E-state index contributed by atoms with van der Waals surface area (Å²) in [7, 11) is 0. The highest BCUT2D eigenvalue weighted by Crippen LogP contribution is 2.26. The lowest BCUT2D eigenvalue weighted by atomic mass is 10.3. The second kappa shape index (κ2) is 7.92. The number of ether oxygens (including phenoxy) is 1. The molecule has 0 saturated heterocycles. The van der Waals surface area contributed by atoms with Gasteiger partial charge in [-0.2, -0.15) is 5.10 Å². The number of thiophene rings is 1. The summed E-state index contributed by atoms with van der Waals surface area (Å²) in [5.41, 5.74) is 0.781. The van der Waals surface area contributed by atoms with Gasteiger partial charge >= 0.3 is 0 Å². The van der Waals surface area contributed by atoms with Crippen LogP contribution in [0.25, 0.3) is 10.6 Å². The molecule has 21 heavy (non-hydrogen) atoms. The standard InChI is InChI=1S/C14H19N3O3S/c1-2-7-20-10-14(19)15-13-9-11(12-4-3-8-21-12)16-17(13)5-6-18/h3-4,8-9,18H,2,5-7,10H2,1H3,(H,15,19). The zero-order valence-corrected chi connectivity index (χ0v) is 12.7. The average molecular weight is 309 g/mol. The van der Waals surface area contributed by atoms with Crippen LogP contribution in [-0.4, -0.2) is 40.6 Å². The molecular weight excluding hydrogens is 290 g/mol. The summed E-state index contributed by atoms with van der Waals surface area (Å²) < 4.78 is 6.80. The zero-order chi connectivity index (χ0) is 15.1. The molecule has 0 aromatic carbocycles. The molecule has 0 bridgehead atoms. The Bertz CT molecular complexity index is 566. The Morgan fingerprint density at radius 1 is 1.57 bits per heavy atom. The van der Waals surface area contributed by atoms with Crippen LogP contribution in [0, 0.1) is 0 Å². The number of hydrogen-bond donors (Lipinski definition) is 2. The molecule has 7 heteroatoms. The van der Waals surface area contributed by atoms with Crippen molar-refractivity contribution in [3.05, 3.63) is 23.6 Å². The molecule has 1 amide bonds. The van der Waals surface area contributed by atoms with E-state index in [4.69, 9.17) is 9.84 Å². The molecule has 0 spiro atoms. The SMILES string of the molecule is CCCOCC(=O)Nc1cc(-c2cccs2)nn1CCO. The first-order chi connectivity index (χ1) is 10.2. The number of nitrogens with one attached hydrogen (secondary N) is 1. The van der Waals surface area contributed by atoms with E-state index in [1.807, 2.05) is 24.4 Å². The van der Waals surface area contributed by atoms with Crippen LogP contribution in [0.2, 0.25) is 0 Å². The monoisotopic (exact) mass is 309 g/mol. The number of carbonyl (C=O) groups excluding carboxylic acids is 1. The summed E-state index contributed by atoms with van der Waals surface area (Å²) in [6.07, 6.45) is 0.873. The Hall–Kier alpha value is -1.70. The smallest absolute Gasteiger partial charge is 0.251 e. The number of hydrogen-bond acceptors (Lipinski definition) is 5. The van der Waals surface area contributed by atoms with Crippen molar-refractivity contribution in [1.82, 2.24) is 9.78 Å². The minimum absolute atomic E-state index is 0.0203. The molecule has 2 heterocycles. The van der Waals surface area contributed by atoms with Crippen molar-refractivity contribution < 1.29 is 14.6 Å². The summed E-state index contributed by atoms with van der Waals surface area (Å²) in [4.78, 5) is 12.8. The maximum Gasteiger partial charge on any atom is 0.251 e. The second-order valence-corrected chi connectivity index (χ2v) is 5.39. The number of amides is 1. The Morgan fingerprint density at radius 2 is 2.43 bits per heavy atom. The van der Waals surface area contributed by atoms with Crippen molar-refractivity contribution in [2.24, 2.45) is 0 Å². The second-order valence-electron chi connectivity index (χ2n) is 4.44. The van der Waals surface area contributed by atoms with E-state index in [0.29, 0.717) is 19.0 Å². The van der Waals surface area contributed by atoms with Gasteiger partial charge in [-0.05, 0) is 17.9 Å². The summed E-state index contributed by atoms with van der Waals surface area (Å²) in [6.45, 7) is 2.86. The first-order valence-electron chi connectivity index (χ1n) is 6.84. The van der Waals surface area contributed by atoms with Crippen molar-refractivity contribution in [1.29, 1.82) is 0 Å². The van der Waals surface area contributed by atoms with Crippen LogP contribution in [0.1, 0.15) is 13.3 Å². The van der Waals surface area contributed by atoms with E-state index in [2.05, 4.69) is 10.4 Å². The lowest BCUT2D eigenvalue weighted by Gasteiger charge is -2.07. The topological polar surface area (TPSA) is 76.4 Å². The first kappa shape index (κ1) is 15.7. The Labute approximate surface area is 127 Å². The molecular formula is C14H19N3O3S. The average Bonchev–Trinajstić information content (AvgIpc) is 3.10. The highest BCUT2D eigenvalue weighted by Gasteiger charge is 2.12. The number of carbonyl (C=O) groups is 1. The van der Waals surface area contributed by atoms with Crippen LogP contribution in [0.4, 0.5) is 5.82 Å². The lowest BCUT2D eigenvalue weighted by Crippen LogP contribution is -2.21. The molecule has 0 aliphatic carbocycles. The molecule has 0 fully saturated rings. The summed E-state index contributed by atoms with van der Waals surface area (Å²) in [5.74, 6) is 0.345. The largest absolute Gasteiger partial charge is 0.394 e. The number of aliphatic hydroxyl groups excluding tert-OH is 1. The predicted octanol–water partition coefficient (Wildman–Crippen LogP) is 1.97. The first-order valence-corrected chi connectivity index (χ1v) is 7.72. The third kappa shape index (κ3) is 4.38. The molecule has 2 N–H and O–H groups in total. The van der Waals surface area contributed by atoms with E-state index in [1.165, 1.54) is 0 Å². The summed E-state index contributed by atoms with van der Waals surface area (Å²) in [6, 6.07) is 5.72. The molecule has 0 aliphatic rings. The number of anilines is 1. The van der Waals surface area contributed by atoms with Gasteiger partial charge in [-0.1, -0.05) is 13.0 Å². The molecule has 2 aromatic rings. The van der Waals surface area contributed by atoms with E-state index >= 15 is 0 Å². The van der Waals surface area contributed by atoms with Crippen LogP contribution >= 0.6 is 11.3 Å². The van der Waals surface area contributed by atoms with E-state index < -0.39 is 0 Å². The highest BCUT2D eigenvalue weighted by atomic mass is 32.1. The van der Waals surface area contributed by atoms with Crippen molar-refractivity contribution in [2.75, 3.05) is 25.1 Å². The Kier molecular flexibility index (Phi) is 5.91. The van der Waals surface area contributed by atoms with Crippen molar-refractivity contribution >= 4 is 23.1 Å². The van der Waals surface area contributed by atoms with Gasteiger partial charge in [0.05, 0.1) is 18.0 Å². The van der Waals surface area contributed by atoms with Gasteiger partial charge in [0.25, 0.3) is 5.91 Å². The van der Waals surface area contributed by atoms with Gasteiger partial charge in [0, 0.05) is 12.7 Å². The van der Waals surface area contributed by atoms with Gasteiger partial charge in [-0.15, -0.1) is 11.3 Å². The van der Waals surface area contributed by atoms with Crippen molar-refractivity contribution in [3.63, 3.8) is 0 Å². The normalized spacial score (nSPS) is 10.8. The molecule has 6 nitrogen and oxygen atoms in total. The van der Waals surface area contributed by atoms with E-state index in [9.17, 15) is 4.79 Å². The van der Waals surface area contributed by atoms with Crippen LogP contribution < -0.4 is 5.32 Å². The van der Waals surface area contributed by atoms with Gasteiger partial charge in [0.15, 0.2) is 0 Å². The van der Waals surface area contributed by atoms with Crippen molar-refractivity contribution in [2.45, 2.75) is 19.9 Å². The molecule has 0 radical (unpaired) electrons. The van der Waals surface area contributed by atoms with Crippen LogP contribution in [-0.2, 0) is 16.1 Å². The molecule has 0 aliphatic heterocycles.